The van der Waals surface area contributed by atoms with Crippen molar-refractivity contribution in [2.75, 3.05) is 18.5 Å². The maximum absolute atomic E-state index is 12.5. The molecule has 35 heavy (non-hydrogen) atoms. The minimum absolute atomic E-state index is 0.252. The van der Waals surface area contributed by atoms with Gasteiger partial charge in [-0.25, -0.2) is 0 Å². The Morgan fingerprint density at radius 2 is 1.74 bits per heavy atom. The van der Waals surface area contributed by atoms with Crippen molar-refractivity contribution < 1.29 is 24.2 Å². The molecule has 0 atom stereocenters. The molecule has 0 fully saturated rings. The normalized spacial score (nSPS) is 13.8. The summed E-state index contributed by atoms with van der Waals surface area (Å²) in [6, 6.07) is 18.1. The number of carboxylic acids is 1. The van der Waals surface area contributed by atoms with Crippen molar-refractivity contribution >= 4 is 82.1 Å². The third-order valence-corrected chi connectivity index (χ3v) is 6.35. The van der Waals surface area contributed by atoms with Crippen LogP contribution in [0.3, 0.4) is 0 Å². The van der Waals surface area contributed by atoms with Gasteiger partial charge in [0.1, 0.15) is 5.75 Å². The number of carbonyl (C=O) groups excluding carboxylic acids is 1. The average Bonchev–Trinajstić information content (AvgIpc) is 3.14. The minimum atomic E-state index is -0.833. The Bertz CT molecular complexity index is 1280. The topological polar surface area (TPSA) is 97.2 Å². The van der Waals surface area contributed by atoms with Crippen LogP contribution in [0, 0.1) is 0 Å². The molecule has 176 valence electrons. The molecule has 1 aliphatic heterocycles. The average molecular weight is 501 g/mol. The number of amides is 1. The number of benzene rings is 3. The Hall–Kier alpha value is -2.78. The van der Waals surface area contributed by atoms with Crippen molar-refractivity contribution in [3.8, 4) is 11.5 Å². The fraction of sp³-hybridized carbons (Fsp3) is 0.192. The SMILES string of the molecule is CC(=O)O.CCOc1cc2c(OCC)cccc2cc1/C=C1/SC(Nc2cc[c]([Na])cc2)=NC1=O. The van der Waals surface area contributed by atoms with Crippen LogP contribution < -0.4 is 17.6 Å². The second kappa shape index (κ2) is 12.8. The monoisotopic (exact) mass is 500 g/mol. The van der Waals surface area contributed by atoms with Crippen molar-refractivity contribution in [3.63, 3.8) is 0 Å². The van der Waals surface area contributed by atoms with Gasteiger partial charge in [-0.3, -0.25) is 4.79 Å². The molecule has 0 saturated carbocycles. The molecule has 1 amide bonds. The van der Waals surface area contributed by atoms with Crippen molar-refractivity contribution in [1.82, 2.24) is 0 Å². The van der Waals surface area contributed by atoms with Gasteiger partial charge in [0.25, 0.3) is 5.97 Å². The maximum atomic E-state index is 12.5. The standard InChI is InChI=1S/C24H21N2O3S.C2H4O2.Na/c1-3-28-20-12-8-9-16-13-17(21(29-4-2)15-19(16)20)14-22-23(27)26-24(30-22)25-18-10-6-5-7-11-18;1-2(3)4;/h6-15H,3-4H2,1-2H3,(H,25,26,27);1H3,(H,3,4);/b22-14+;;. The van der Waals surface area contributed by atoms with Crippen LogP contribution in [-0.2, 0) is 9.59 Å². The van der Waals surface area contributed by atoms with E-state index in [0.717, 1.165) is 62.6 Å². The van der Waals surface area contributed by atoms with Crippen LogP contribution >= 0.6 is 11.8 Å². The van der Waals surface area contributed by atoms with Crippen LogP contribution in [0.2, 0.25) is 0 Å². The molecule has 0 aromatic heterocycles. The first kappa shape index (κ1) is 26.8. The zero-order valence-electron chi connectivity index (χ0n) is 20.1. The molecule has 1 heterocycles. The molecular weight excluding hydrogens is 475 g/mol. The predicted molar refractivity (Wildman–Crippen MR) is 143 cm³/mol. The number of carboxylic acid groups (broad SMARTS) is 1. The van der Waals surface area contributed by atoms with Crippen LogP contribution in [0.15, 0.2) is 64.5 Å². The first-order chi connectivity index (χ1) is 16.8. The molecule has 7 nitrogen and oxygen atoms in total. The van der Waals surface area contributed by atoms with E-state index in [1.807, 2.05) is 62.4 Å². The Balaban J connectivity index is 0.000000795. The summed E-state index contributed by atoms with van der Waals surface area (Å²) >= 11 is 2.34. The zero-order valence-corrected chi connectivity index (χ0v) is 22.9. The van der Waals surface area contributed by atoms with Gasteiger partial charge in [-0.15, -0.1) is 0 Å². The Morgan fingerprint density at radius 1 is 1.09 bits per heavy atom. The van der Waals surface area contributed by atoms with E-state index in [1.165, 1.54) is 14.6 Å². The van der Waals surface area contributed by atoms with Gasteiger partial charge >= 0.3 is 143 Å². The zero-order chi connectivity index (χ0) is 25.4. The Kier molecular flexibility index (Phi) is 9.80. The number of carbonyl (C=O) groups is 2. The first-order valence-corrected chi connectivity index (χ1v) is 13.0. The molecule has 0 radical (unpaired) electrons. The van der Waals surface area contributed by atoms with Crippen LogP contribution in [0.5, 0.6) is 11.5 Å². The van der Waals surface area contributed by atoms with E-state index in [4.69, 9.17) is 19.4 Å². The molecule has 9 heteroatoms. The van der Waals surface area contributed by atoms with Gasteiger partial charge in [0.2, 0.25) is 0 Å². The number of amidine groups is 1. The summed E-state index contributed by atoms with van der Waals surface area (Å²) in [5.74, 6) is 0.451. The molecule has 1 aliphatic rings. The summed E-state index contributed by atoms with van der Waals surface area (Å²) in [7, 11) is 0. The van der Waals surface area contributed by atoms with Crippen molar-refractivity contribution in [2.24, 2.45) is 4.99 Å². The molecule has 0 bridgehead atoms. The van der Waals surface area contributed by atoms with Crippen LogP contribution in [0.25, 0.3) is 16.8 Å². The summed E-state index contributed by atoms with van der Waals surface area (Å²) in [5.41, 5.74) is 1.76. The molecule has 4 rings (SSSR count). The number of hydrogen-bond donors (Lipinski definition) is 2. The molecular formula is C26H25N2NaO5S. The van der Waals surface area contributed by atoms with E-state index in [2.05, 4.69) is 22.4 Å². The van der Waals surface area contributed by atoms with Crippen molar-refractivity contribution in [3.05, 3.63) is 65.1 Å². The van der Waals surface area contributed by atoms with Crippen molar-refractivity contribution in [1.29, 1.82) is 0 Å². The summed E-state index contributed by atoms with van der Waals surface area (Å²) < 4.78 is 13.0. The van der Waals surface area contributed by atoms with Gasteiger partial charge in [0.15, 0.2) is 0 Å². The van der Waals surface area contributed by atoms with E-state index in [9.17, 15) is 4.79 Å². The number of thioether (sulfide) groups is 1. The molecule has 2 N–H and O–H groups in total. The quantitative estimate of drug-likeness (QED) is 0.377. The molecule has 0 spiro atoms. The number of ether oxygens (including phenoxy) is 2. The fourth-order valence-corrected chi connectivity index (χ4v) is 4.49. The number of aliphatic carboxylic acids is 1. The molecule has 0 aliphatic carbocycles. The van der Waals surface area contributed by atoms with Crippen molar-refractivity contribution in [2.45, 2.75) is 20.8 Å². The van der Waals surface area contributed by atoms with Gasteiger partial charge in [0, 0.05) is 12.3 Å². The van der Waals surface area contributed by atoms with Crippen LogP contribution in [0.1, 0.15) is 26.3 Å². The third kappa shape index (κ3) is 7.60. The number of nitrogens with zero attached hydrogens (tertiary/aromatic N) is 1. The second-order valence-electron chi connectivity index (χ2n) is 7.58. The molecule has 3 aromatic carbocycles. The van der Waals surface area contributed by atoms with E-state index < -0.39 is 5.97 Å². The molecule has 0 saturated heterocycles. The second-order valence-corrected chi connectivity index (χ2v) is 9.76. The summed E-state index contributed by atoms with van der Waals surface area (Å²) in [6.45, 7) is 6.11. The van der Waals surface area contributed by atoms with Crippen LogP contribution in [0.4, 0.5) is 5.69 Å². The molecule has 0 unspecified atom stereocenters. The first-order valence-electron chi connectivity index (χ1n) is 11.2. The number of fused-ring (bicyclic) bond motifs is 1. The van der Waals surface area contributed by atoms with Gasteiger partial charge < -0.3 is 9.84 Å². The van der Waals surface area contributed by atoms with Crippen LogP contribution in [-0.4, -0.2) is 63.3 Å². The number of hydrogen-bond acceptors (Lipinski definition) is 6. The van der Waals surface area contributed by atoms with Gasteiger partial charge in [-0.2, -0.15) is 0 Å². The Labute approximate surface area is 226 Å². The number of rotatable bonds is 6. The van der Waals surface area contributed by atoms with E-state index in [-0.39, 0.29) is 5.91 Å². The summed E-state index contributed by atoms with van der Waals surface area (Å²) in [6.07, 6.45) is 1.85. The van der Waals surface area contributed by atoms with Gasteiger partial charge in [-0.05, 0) is 19.9 Å². The van der Waals surface area contributed by atoms with Gasteiger partial charge in [-0.1, -0.05) is 12.1 Å². The van der Waals surface area contributed by atoms with E-state index in [0.29, 0.717) is 29.0 Å². The van der Waals surface area contributed by atoms with E-state index in [1.54, 1.807) is 0 Å². The summed E-state index contributed by atoms with van der Waals surface area (Å²) in [4.78, 5) is 26.3. The number of aliphatic imine (C=N–C) groups is 1. The third-order valence-electron chi connectivity index (χ3n) is 4.78. The predicted octanol–water partition coefficient (Wildman–Crippen LogP) is 4.60. The number of anilines is 1. The number of nitrogens with one attached hydrogen (secondary N) is 1. The summed E-state index contributed by atoms with van der Waals surface area (Å²) in [5, 5.41) is 13.2. The fourth-order valence-electron chi connectivity index (χ4n) is 3.33. The molecule has 3 aromatic rings. The Morgan fingerprint density at radius 3 is 2.40 bits per heavy atom. The van der Waals surface area contributed by atoms with Gasteiger partial charge in [0.05, 0.1) is 13.2 Å². The van der Waals surface area contributed by atoms with E-state index >= 15 is 0 Å².